The van der Waals surface area contributed by atoms with Crippen molar-refractivity contribution < 1.29 is 23.4 Å². The average Bonchev–Trinajstić information content (AvgIpc) is 2.21. The molecule has 1 atom stereocenters. The summed E-state index contributed by atoms with van der Waals surface area (Å²) in [4.78, 5) is 10.5. The molecule has 0 aliphatic rings. The van der Waals surface area contributed by atoms with Gasteiger partial charge in [0.25, 0.3) is 0 Å². The Labute approximate surface area is 98.0 Å². The number of rotatable bonds is 5. The average molecular weight is 244 g/mol. The second kappa shape index (κ2) is 5.61. The van der Waals surface area contributed by atoms with Crippen LogP contribution in [0.25, 0.3) is 0 Å². The molecule has 0 bridgehead atoms. The highest BCUT2D eigenvalue weighted by Crippen LogP contribution is 2.23. The third-order valence-electron chi connectivity index (χ3n) is 2.41. The Kier molecular flexibility index (Phi) is 4.43. The zero-order valence-electron chi connectivity index (χ0n) is 9.67. The lowest BCUT2D eigenvalue weighted by Crippen LogP contribution is -2.08. The van der Waals surface area contributed by atoms with Crippen molar-refractivity contribution in [2.75, 3.05) is 7.11 Å². The van der Waals surface area contributed by atoms with Gasteiger partial charge in [0.1, 0.15) is 5.82 Å². The molecule has 0 saturated heterocycles. The van der Waals surface area contributed by atoms with Gasteiger partial charge >= 0.3 is 5.97 Å². The molecule has 0 aromatic heterocycles. The van der Waals surface area contributed by atoms with Crippen LogP contribution in [-0.4, -0.2) is 18.2 Å². The summed E-state index contributed by atoms with van der Waals surface area (Å²) in [5, 5.41) is 8.58. The van der Waals surface area contributed by atoms with Crippen molar-refractivity contribution in [1.29, 1.82) is 0 Å². The molecule has 0 aliphatic heterocycles. The molecule has 0 fully saturated rings. The number of hydrogen-bond acceptors (Lipinski definition) is 2. The van der Waals surface area contributed by atoms with Crippen LogP contribution < -0.4 is 4.74 Å². The largest absolute Gasteiger partial charge is 0.494 e. The third-order valence-corrected chi connectivity index (χ3v) is 2.41. The van der Waals surface area contributed by atoms with Crippen LogP contribution in [0.2, 0.25) is 0 Å². The van der Waals surface area contributed by atoms with Gasteiger partial charge in [0.05, 0.1) is 7.11 Å². The van der Waals surface area contributed by atoms with Gasteiger partial charge in [-0.1, -0.05) is 6.92 Å². The highest BCUT2D eigenvalue weighted by Gasteiger charge is 2.14. The van der Waals surface area contributed by atoms with Gasteiger partial charge in [-0.15, -0.1) is 0 Å². The van der Waals surface area contributed by atoms with Crippen LogP contribution in [0.1, 0.15) is 18.9 Å². The molecule has 5 heteroatoms. The van der Waals surface area contributed by atoms with Crippen LogP contribution in [0.3, 0.4) is 0 Å². The second-order valence-electron chi connectivity index (χ2n) is 3.99. The minimum atomic E-state index is -0.952. The van der Waals surface area contributed by atoms with Crippen LogP contribution in [0.4, 0.5) is 8.78 Å². The first-order valence-corrected chi connectivity index (χ1v) is 5.17. The van der Waals surface area contributed by atoms with Crippen molar-refractivity contribution in [3.8, 4) is 5.75 Å². The van der Waals surface area contributed by atoms with Gasteiger partial charge in [0, 0.05) is 12.5 Å². The number of hydrogen-bond donors (Lipinski definition) is 1. The van der Waals surface area contributed by atoms with E-state index in [9.17, 15) is 13.6 Å². The van der Waals surface area contributed by atoms with Gasteiger partial charge in [-0.3, -0.25) is 4.79 Å². The van der Waals surface area contributed by atoms with E-state index >= 15 is 0 Å². The fourth-order valence-electron chi connectivity index (χ4n) is 1.63. The zero-order chi connectivity index (χ0) is 13.0. The Hall–Kier alpha value is -1.65. The van der Waals surface area contributed by atoms with Gasteiger partial charge in [0.2, 0.25) is 0 Å². The first-order chi connectivity index (χ1) is 7.93. The highest BCUT2D eigenvalue weighted by molar-refractivity contribution is 5.67. The van der Waals surface area contributed by atoms with E-state index < -0.39 is 17.6 Å². The van der Waals surface area contributed by atoms with Gasteiger partial charge in [-0.05, 0) is 24.0 Å². The summed E-state index contributed by atoms with van der Waals surface area (Å²) in [5.41, 5.74) is 0.164. The van der Waals surface area contributed by atoms with Crippen molar-refractivity contribution in [3.05, 3.63) is 29.3 Å². The lowest BCUT2D eigenvalue weighted by molar-refractivity contribution is -0.137. The van der Waals surface area contributed by atoms with E-state index in [-0.39, 0.29) is 30.1 Å². The number of ether oxygens (including phenoxy) is 1. The van der Waals surface area contributed by atoms with E-state index in [0.29, 0.717) is 0 Å². The van der Waals surface area contributed by atoms with Crippen LogP contribution >= 0.6 is 0 Å². The molecule has 17 heavy (non-hydrogen) atoms. The fourth-order valence-corrected chi connectivity index (χ4v) is 1.63. The van der Waals surface area contributed by atoms with Crippen molar-refractivity contribution in [3.63, 3.8) is 0 Å². The maximum atomic E-state index is 13.5. The molecule has 1 aromatic carbocycles. The van der Waals surface area contributed by atoms with E-state index in [4.69, 9.17) is 5.11 Å². The van der Waals surface area contributed by atoms with E-state index in [0.717, 1.165) is 12.1 Å². The van der Waals surface area contributed by atoms with Crippen molar-refractivity contribution >= 4 is 5.97 Å². The number of carbonyl (C=O) groups is 1. The molecule has 3 nitrogen and oxygen atoms in total. The van der Waals surface area contributed by atoms with Crippen molar-refractivity contribution in [2.45, 2.75) is 19.8 Å². The number of halogens is 2. The molecule has 0 saturated carbocycles. The fraction of sp³-hybridized carbons (Fsp3) is 0.417. The maximum absolute atomic E-state index is 13.5. The summed E-state index contributed by atoms with van der Waals surface area (Å²) in [5.74, 6) is -2.59. The summed E-state index contributed by atoms with van der Waals surface area (Å²) in [6.45, 7) is 1.68. The Morgan fingerprint density at radius 1 is 1.41 bits per heavy atom. The predicted octanol–water partition coefficient (Wildman–Crippen LogP) is 2.63. The SMILES string of the molecule is COc1cc(F)c(CC(C)CC(=O)O)cc1F. The molecular formula is C12H14F2O3. The molecule has 0 radical (unpaired) electrons. The van der Waals surface area contributed by atoms with Gasteiger partial charge < -0.3 is 9.84 Å². The van der Waals surface area contributed by atoms with E-state index in [1.807, 2.05) is 0 Å². The number of methoxy groups -OCH3 is 1. The lowest BCUT2D eigenvalue weighted by Gasteiger charge is -2.11. The summed E-state index contributed by atoms with van der Waals surface area (Å²) in [7, 11) is 1.25. The smallest absolute Gasteiger partial charge is 0.303 e. The predicted molar refractivity (Wildman–Crippen MR) is 58.0 cm³/mol. The van der Waals surface area contributed by atoms with Crippen LogP contribution in [-0.2, 0) is 11.2 Å². The van der Waals surface area contributed by atoms with Crippen LogP contribution in [0, 0.1) is 17.6 Å². The number of benzene rings is 1. The molecule has 1 aromatic rings. The van der Waals surface area contributed by atoms with Gasteiger partial charge in [-0.25, -0.2) is 8.78 Å². The monoisotopic (exact) mass is 244 g/mol. The Morgan fingerprint density at radius 2 is 2.06 bits per heavy atom. The summed E-state index contributed by atoms with van der Waals surface area (Å²) >= 11 is 0. The van der Waals surface area contributed by atoms with E-state index in [2.05, 4.69) is 4.74 Å². The van der Waals surface area contributed by atoms with E-state index in [1.165, 1.54) is 7.11 Å². The molecule has 1 N–H and O–H groups in total. The molecule has 0 heterocycles. The minimum absolute atomic E-state index is 0.0763. The molecular weight excluding hydrogens is 230 g/mol. The number of carboxylic acid groups (broad SMARTS) is 1. The molecule has 1 unspecified atom stereocenters. The second-order valence-corrected chi connectivity index (χ2v) is 3.99. The standard InChI is InChI=1S/C12H14F2O3/c1-7(4-12(15)16)3-8-5-10(14)11(17-2)6-9(8)13/h5-7H,3-4H2,1-2H3,(H,15,16). The van der Waals surface area contributed by atoms with Gasteiger partial charge in [0.15, 0.2) is 11.6 Å². The first-order valence-electron chi connectivity index (χ1n) is 5.17. The molecule has 94 valence electrons. The Morgan fingerprint density at radius 3 is 2.59 bits per heavy atom. The maximum Gasteiger partial charge on any atom is 0.303 e. The Balaban J connectivity index is 2.84. The quantitative estimate of drug-likeness (QED) is 0.866. The Bertz CT molecular complexity index is 418. The summed E-state index contributed by atoms with van der Waals surface area (Å²) < 4.78 is 31.5. The van der Waals surface area contributed by atoms with E-state index in [1.54, 1.807) is 6.92 Å². The molecule has 0 aliphatic carbocycles. The van der Waals surface area contributed by atoms with Crippen molar-refractivity contribution in [2.24, 2.45) is 5.92 Å². The lowest BCUT2D eigenvalue weighted by atomic mass is 9.97. The number of carboxylic acids is 1. The summed E-state index contributed by atoms with van der Waals surface area (Å²) in [6.07, 6.45) is 0.103. The topological polar surface area (TPSA) is 46.5 Å². The van der Waals surface area contributed by atoms with Crippen LogP contribution in [0.15, 0.2) is 12.1 Å². The first kappa shape index (κ1) is 13.4. The van der Waals surface area contributed by atoms with Crippen molar-refractivity contribution in [1.82, 2.24) is 0 Å². The minimum Gasteiger partial charge on any atom is -0.494 e. The molecule has 1 rings (SSSR count). The third kappa shape index (κ3) is 3.69. The summed E-state index contributed by atoms with van der Waals surface area (Å²) in [6, 6.07) is 2.02. The van der Waals surface area contributed by atoms with Gasteiger partial charge in [-0.2, -0.15) is 0 Å². The highest BCUT2D eigenvalue weighted by atomic mass is 19.1. The molecule has 0 amide bonds. The molecule has 0 spiro atoms. The number of aliphatic carboxylic acids is 1. The van der Waals surface area contributed by atoms with Crippen LogP contribution in [0.5, 0.6) is 5.75 Å². The normalized spacial score (nSPS) is 12.2. The zero-order valence-corrected chi connectivity index (χ0v) is 9.67.